The minimum Gasteiger partial charge on any atom is -0.449 e. The molecule has 0 aromatic heterocycles. The lowest BCUT2D eigenvalue weighted by Gasteiger charge is -2.22. The lowest BCUT2D eigenvalue weighted by molar-refractivity contribution is 0.0800. The molecule has 114 valence electrons. The van der Waals surface area contributed by atoms with E-state index in [2.05, 4.69) is 24.9 Å². The molecule has 0 saturated carbocycles. The summed E-state index contributed by atoms with van der Waals surface area (Å²) in [6.45, 7) is 9.01. The normalized spacial score (nSPS) is 19.9. The van der Waals surface area contributed by atoms with E-state index in [4.69, 9.17) is 9.47 Å². The molecule has 1 amide bonds. The fourth-order valence-corrected chi connectivity index (χ4v) is 2.17. The first-order valence-electron chi connectivity index (χ1n) is 7.29. The number of amides is 1. The van der Waals surface area contributed by atoms with Crippen molar-refractivity contribution in [1.82, 2.24) is 5.32 Å². The van der Waals surface area contributed by atoms with Gasteiger partial charge in [0, 0.05) is 20.1 Å². The molecule has 0 aromatic carbocycles. The summed E-state index contributed by atoms with van der Waals surface area (Å²) >= 11 is 0. The zero-order valence-electron chi connectivity index (χ0n) is 12.9. The van der Waals surface area contributed by atoms with Crippen molar-refractivity contribution in [3.8, 4) is 0 Å². The molecular formula is C16H27NO3. The Labute approximate surface area is 122 Å². The summed E-state index contributed by atoms with van der Waals surface area (Å²) in [7, 11) is 1.65. The zero-order chi connectivity index (χ0) is 15.0. The highest BCUT2D eigenvalue weighted by Gasteiger charge is 2.15. The van der Waals surface area contributed by atoms with Gasteiger partial charge in [0.15, 0.2) is 0 Å². The van der Waals surface area contributed by atoms with Gasteiger partial charge in [-0.2, -0.15) is 0 Å². The smallest absolute Gasteiger partial charge is 0.407 e. The number of nitrogens with one attached hydrogen (secondary N) is 1. The van der Waals surface area contributed by atoms with E-state index in [0.717, 1.165) is 19.3 Å². The fourth-order valence-electron chi connectivity index (χ4n) is 2.17. The summed E-state index contributed by atoms with van der Waals surface area (Å²) in [4.78, 5) is 11.5. The fraction of sp³-hybridized carbons (Fsp3) is 0.688. The lowest BCUT2D eigenvalue weighted by atomic mass is 9.85. The van der Waals surface area contributed by atoms with Crippen molar-refractivity contribution in [2.75, 3.05) is 20.3 Å². The number of ether oxygens (including phenoxy) is 2. The second-order valence-electron chi connectivity index (χ2n) is 5.50. The van der Waals surface area contributed by atoms with Crippen molar-refractivity contribution in [2.24, 2.45) is 5.92 Å². The molecule has 1 rings (SSSR count). The number of methoxy groups -OCH3 is 1. The third-order valence-electron chi connectivity index (χ3n) is 3.82. The zero-order valence-corrected chi connectivity index (χ0v) is 12.9. The van der Waals surface area contributed by atoms with Crippen LogP contribution in [0.4, 0.5) is 4.79 Å². The summed E-state index contributed by atoms with van der Waals surface area (Å²) in [5, 5.41) is 2.80. The van der Waals surface area contributed by atoms with E-state index in [1.54, 1.807) is 7.11 Å². The van der Waals surface area contributed by atoms with Crippen molar-refractivity contribution >= 4 is 6.09 Å². The Morgan fingerprint density at radius 1 is 1.60 bits per heavy atom. The van der Waals surface area contributed by atoms with Crippen LogP contribution >= 0.6 is 0 Å². The summed E-state index contributed by atoms with van der Waals surface area (Å²) in [6, 6.07) is 0. The Kier molecular flexibility index (Phi) is 7.37. The van der Waals surface area contributed by atoms with Crippen LogP contribution in [0.5, 0.6) is 0 Å². The molecule has 0 saturated heterocycles. The molecule has 4 nitrogen and oxygen atoms in total. The Hall–Kier alpha value is -1.29. The molecule has 4 heteroatoms. The molecule has 0 radical (unpaired) electrons. The van der Waals surface area contributed by atoms with Crippen LogP contribution in [0.2, 0.25) is 0 Å². The molecule has 1 aliphatic carbocycles. The van der Waals surface area contributed by atoms with E-state index < -0.39 is 0 Å². The summed E-state index contributed by atoms with van der Waals surface area (Å²) in [5.41, 5.74) is 2.53. The van der Waals surface area contributed by atoms with Crippen molar-refractivity contribution in [3.05, 3.63) is 23.8 Å². The number of hydrogen-bond acceptors (Lipinski definition) is 3. The number of alkyl carbamates (subject to hydrolysis) is 1. The van der Waals surface area contributed by atoms with Crippen LogP contribution in [0.25, 0.3) is 0 Å². The van der Waals surface area contributed by atoms with Gasteiger partial charge < -0.3 is 14.8 Å². The quantitative estimate of drug-likeness (QED) is 0.727. The minimum absolute atomic E-state index is 0.114. The molecule has 0 spiro atoms. The first kappa shape index (κ1) is 16.8. The maximum atomic E-state index is 11.5. The molecule has 0 bridgehead atoms. The summed E-state index contributed by atoms with van der Waals surface area (Å²) in [6.07, 6.45) is 5.89. The van der Waals surface area contributed by atoms with Gasteiger partial charge in [0.25, 0.3) is 0 Å². The van der Waals surface area contributed by atoms with Gasteiger partial charge in [0.05, 0.1) is 12.7 Å². The highest BCUT2D eigenvalue weighted by molar-refractivity contribution is 5.67. The van der Waals surface area contributed by atoms with Gasteiger partial charge in [-0.3, -0.25) is 0 Å². The second-order valence-corrected chi connectivity index (χ2v) is 5.50. The highest BCUT2D eigenvalue weighted by atomic mass is 16.5. The Bertz CT molecular complexity index is 363. The van der Waals surface area contributed by atoms with Crippen molar-refractivity contribution < 1.29 is 14.3 Å². The van der Waals surface area contributed by atoms with Gasteiger partial charge in [-0.1, -0.05) is 23.8 Å². The van der Waals surface area contributed by atoms with E-state index in [1.807, 2.05) is 6.92 Å². The second kappa shape index (κ2) is 8.80. The van der Waals surface area contributed by atoms with Gasteiger partial charge in [0.1, 0.15) is 0 Å². The van der Waals surface area contributed by atoms with E-state index in [1.165, 1.54) is 11.1 Å². The molecule has 20 heavy (non-hydrogen) atoms. The van der Waals surface area contributed by atoms with Crippen LogP contribution < -0.4 is 5.32 Å². The molecule has 2 atom stereocenters. The third kappa shape index (κ3) is 6.24. The predicted octanol–water partition coefficient (Wildman–Crippen LogP) is 3.44. The summed E-state index contributed by atoms with van der Waals surface area (Å²) < 4.78 is 10.2. The number of carbonyl (C=O) groups excluding carboxylic acids is 1. The van der Waals surface area contributed by atoms with Crippen LogP contribution in [0.15, 0.2) is 23.8 Å². The van der Waals surface area contributed by atoms with E-state index in [0.29, 0.717) is 25.5 Å². The highest BCUT2D eigenvalue weighted by Crippen LogP contribution is 2.27. The number of rotatable bonds is 7. The van der Waals surface area contributed by atoms with Gasteiger partial charge in [-0.15, -0.1) is 0 Å². The summed E-state index contributed by atoms with van der Waals surface area (Å²) in [5.74, 6) is 0.598. The molecular weight excluding hydrogens is 254 g/mol. The monoisotopic (exact) mass is 281 g/mol. The SMILES string of the molecule is C=C(C)C1CC=C(CNC(=O)OCCC(C)OC)CC1. The topological polar surface area (TPSA) is 47.6 Å². The van der Waals surface area contributed by atoms with Gasteiger partial charge >= 0.3 is 6.09 Å². The Morgan fingerprint density at radius 3 is 2.90 bits per heavy atom. The standard InChI is InChI=1S/C16H27NO3/c1-12(2)15-7-5-14(6-8-15)11-17-16(18)20-10-9-13(3)19-4/h5,13,15H,1,6-11H2,2-4H3,(H,17,18). The lowest BCUT2D eigenvalue weighted by Crippen LogP contribution is -2.28. The van der Waals surface area contributed by atoms with Crippen molar-refractivity contribution in [1.29, 1.82) is 0 Å². The predicted molar refractivity (Wildman–Crippen MR) is 80.7 cm³/mol. The maximum absolute atomic E-state index is 11.5. The van der Waals surface area contributed by atoms with E-state index in [9.17, 15) is 4.79 Å². The van der Waals surface area contributed by atoms with Crippen molar-refractivity contribution in [3.63, 3.8) is 0 Å². The van der Waals surface area contributed by atoms with Crippen LogP contribution in [-0.4, -0.2) is 32.5 Å². The van der Waals surface area contributed by atoms with Crippen LogP contribution in [-0.2, 0) is 9.47 Å². The van der Waals surface area contributed by atoms with Crippen LogP contribution in [0.3, 0.4) is 0 Å². The van der Waals surface area contributed by atoms with E-state index in [-0.39, 0.29) is 12.2 Å². The van der Waals surface area contributed by atoms with Gasteiger partial charge in [0.2, 0.25) is 0 Å². The first-order chi connectivity index (χ1) is 9.52. The molecule has 1 aliphatic rings. The molecule has 1 N–H and O–H groups in total. The molecule has 0 aliphatic heterocycles. The van der Waals surface area contributed by atoms with Crippen molar-refractivity contribution in [2.45, 2.75) is 45.6 Å². The number of carbonyl (C=O) groups is 1. The minimum atomic E-state index is -0.351. The molecule has 2 unspecified atom stereocenters. The van der Waals surface area contributed by atoms with Crippen LogP contribution in [0.1, 0.15) is 39.5 Å². The average molecular weight is 281 g/mol. The van der Waals surface area contributed by atoms with Crippen LogP contribution in [0, 0.1) is 5.92 Å². The molecule has 0 fully saturated rings. The van der Waals surface area contributed by atoms with E-state index >= 15 is 0 Å². The van der Waals surface area contributed by atoms with Gasteiger partial charge in [-0.25, -0.2) is 4.79 Å². The molecule has 0 aromatic rings. The largest absolute Gasteiger partial charge is 0.449 e. The number of hydrogen-bond donors (Lipinski definition) is 1. The van der Waals surface area contributed by atoms with Gasteiger partial charge in [-0.05, 0) is 39.0 Å². The maximum Gasteiger partial charge on any atom is 0.407 e. The average Bonchev–Trinajstić information content (AvgIpc) is 2.45. The Morgan fingerprint density at radius 2 is 2.35 bits per heavy atom. The Balaban J connectivity index is 2.17. The third-order valence-corrected chi connectivity index (χ3v) is 3.82. The molecule has 0 heterocycles. The first-order valence-corrected chi connectivity index (χ1v) is 7.29. The number of allylic oxidation sites excluding steroid dienone is 2.